The predicted octanol–water partition coefficient (Wildman–Crippen LogP) is 0.681. The largest absolute Gasteiger partial charge is 0.379 e. The molecule has 0 aliphatic carbocycles. The molecule has 0 atom stereocenters. The third-order valence-corrected chi connectivity index (χ3v) is 3.65. The van der Waals surface area contributed by atoms with E-state index in [9.17, 15) is 8.42 Å². The van der Waals surface area contributed by atoms with Crippen molar-refractivity contribution in [2.45, 2.75) is 25.4 Å². The van der Waals surface area contributed by atoms with Gasteiger partial charge < -0.3 is 5.32 Å². The van der Waals surface area contributed by atoms with Crippen LogP contribution in [0.5, 0.6) is 0 Å². The molecule has 0 saturated carbocycles. The van der Waals surface area contributed by atoms with Gasteiger partial charge in [-0.15, -0.1) is 0 Å². The number of sulfonamides is 1. The number of hydrogen-bond acceptors (Lipinski definition) is 5. The minimum atomic E-state index is -3.79. The molecule has 0 unspecified atom stereocenters. The summed E-state index contributed by atoms with van der Waals surface area (Å²) in [6, 6.07) is 3.06. The number of rotatable bonds is 4. The molecule has 0 radical (unpaired) electrons. The van der Waals surface area contributed by atoms with Crippen LogP contribution < -0.4 is 10.5 Å². The molecule has 102 valence electrons. The molecule has 2 aromatic rings. The van der Waals surface area contributed by atoms with Crippen molar-refractivity contribution in [2.75, 3.05) is 5.32 Å². The van der Waals surface area contributed by atoms with Crippen LogP contribution in [0.3, 0.4) is 0 Å². The zero-order valence-electron chi connectivity index (χ0n) is 10.6. The van der Waals surface area contributed by atoms with Gasteiger partial charge in [-0.3, -0.25) is 5.10 Å². The van der Waals surface area contributed by atoms with E-state index in [0.717, 1.165) is 17.0 Å². The lowest BCUT2D eigenvalue weighted by Crippen LogP contribution is -2.14. The van der Waals surface area contributed by atoms with Gasteiger partial charge in [0, 0.05) is 23.6 Å². The Kier molecular flexibility index (Phi) is 3.54. The molecule has 0 aliphatic heterocycles. The second kappa shape index (κ2) is 4.98. The maximum absolute atomic E-state index is 11.2. The van der Waals surface area contributed by atoms with Crippen LogP contribution in [0.1, 0.15) is 17.0 Å². The Morgan fingerprint density at radius 3 is 2.74 bits per heavy atom. The Hall–Kier alpha value is -1.93. The van der Waals surface area contributed by atoms with Crippen LogP contribution in [-0.4, -0.2) is 23.6 Å². The number of nitrogens with zero attached hydrogens (tertiary/aromatic N) is 2. The number of nitrogens with two attached hydrogens (primary N) is 1. The topological polar surface area (TPSA) is 114 Å². The van der Waals surface area contributed by atoms with E-state index in [2.05, 4.69) is 20.5 Å². The molecule has 0 aliphatic rings. The summed E-state index contributed by atoms with van der Waals surface area (Å²) < 4.78 is 22.4. The van der Waals surface area contributed by atoms with Gasteiger partial charge in [0.15, 0.2) is 5.03 Å². The van der Waals surface area contributed by atoms with Gasteiger partial charge in [-0.25, -0.2) is 18.5 Å². The predicted molar refractivity (Wildman–Crippen MR) is 71.0 cm³/mol. The van der Waals surface area contributed by atoms with Crippen LogP contribution in [0.2, 0.25) is 0 Å². The highest BCUT2D eigenvalue weighted by Crippen LogP contribution is 2.14. The summed E-state index contributed by atoms with van der Waals surface area (Å²) in [5.74, 6) is 0. The molecule has 0 bridgehead atoms. The first-order chi connectivity index (χ1) is 8.88. The highest BCUT2D eigenvalue weighted by atomic mass is 32.2. The molecular weight excluding hydrogens is 266 g/mol. The lowest BCUT2D eigenvalue weighted by molar-refractivity contribution is 0.594. The molecule has 0 saturated heterocycles. The van der Waals surface area contributed by atoms with Crippen molar-refractivity contribution in [1.29, 1.82) is 0 Å². The number of anilines is 1. The molecule has 2 rings (SSSR count). The summed E-state index contributed by atoms with van der Waals surface area (Å²) in [6.07, 6.45) is 1.39. The van der Waals surface area contributed by atoms with E-state index in [1.54, 1.807) is 6.07 Å². The standard InChI is InChI=1S/C11H15N5O2S/c1-7-8(2)15-16-10(7)6-14-9-3-4-13-11(5-9)19(12,17)18/h3-5H,6H2,1-2H3,(H,13,14)(H,15,16)(H2,12,17,18). The Morgan fingerprint density at radius 1 is 1.42 bits per heavy atom. The molecule has 0 aromatic carbocycles. The first kappa shape index (κ1) is 13.5. The van der Waals surface area contributed by atoms with Crippen molar-refractivity contribution in [3.63, 3.8) is 0 Å². The summed E-state index contributed by atoms with van der Waals surface area (Å²) in [6.45, 7) is 4.40. The summed E-state index contributed by atoms with van der Waals surface area (Å²) in [4.78, 5) is 3.71. The summed E-state index contributed by atoms with van der Waals surface area (Å²) in [5, 5.41) is 15.0. The minimum Gasteiger partial charge on any atom is -0.379 e. The maximum atomic E-state index is 11.2. The monoisotopic (exact) mass is 281 g/mol. The molecule has 7 nitrogen and oxygen atoms in total. The molecule has 19 heavy (non-hydrogen) atoms. The van der Waals surface area contributed by atoms with Gasteiger partial charge in [0.05, 0.1) is 12.2 Å². The number of aryl methyl sites for hydroxylation is 1. The van der Waals surface area contributed by atoms with Crippen LogP contribution in [0.15, 0.2) is 23.4 Å². The summed E-state index contributed by atoms with van der Waals surface area (Å²) in [7, 11) is -3.79. The fourth-order valence-electron chi connectivity index (χ4n) is 1.57. The molecular formula is C11H15N5O2S. The Labute approximate surface area is 111 Å². The smallest absolute Gasteiger partial charge is 0.255 e. The first-order valence-corrected chi connectivity index (χ1v) is 7.15. The van der Waals surface area contributed by atoms with Crippen molar-refractivity contribution >= 4 is 15.7 Å². The summed E-state index contributed by atoms with van der Waals surface area (Å²) >= 11 is 0. The van der Waals surface area contributed by atoms with Crippen molar-refractivity contribution in [3.8, 4) is 0 Å². The third kappa shape index (κ3) is 3.09. The fraction of sp³-hybridized carbons (Fsp3) is 0.273. The van der Waals surface area contributed by atoms with Gasteiger partial charge in [0.1, 0.15) is 0 Å². The van der Waals surface area contributed by atoms with E-state index in [1.165, 1.54) is 12.3 Å². The normalized spacial score (nSPS) is 11.5. The Morgan fingerprint density at radius 2 is 2.16 bits per heavy atom. The van der Waals surface area contributed by atoms with E-state index in [1.807, 2.05) is 13.8 Å². The number of hydrogen-bond donors (Lipinski definition) is 3. The van der Waals surface area contributed by atoms with E-state index < -0.39 is 10.0 Å². The van der Waals surface area contributed by atoms with Gasteiger partial charge in [0.2, 0.25) is 0 Å². The molecule has 4 N–H and O–H groups in total. The van der Waals surface area contributed by atoms with E-state index >= 15 is 0 Å². The maximum Gasteiger partial charge on any atom is 0.255 e. The molecule has 0 fully saturated rings. The van der Waals surface area contributed by atoms with Crippen LogP contribution in [0.4, 0.5) is 5.69 Å². The number of primary sulfonamides is 1. The van der Waals surface area contributed by atoms with E-state index in [4.69, 9.17) is 5.14 Å². The number of aromatic nitrogens is 3. The molecule has 0 spiro atoms. The van der Waals surface area contributed by atoms with Crippen molar-refractivity contribution in [1.82, 2.24) is 15.2 Å². The first-order valence-electron chi connectivity index (χ1n) is 5.61. The zero-order chi connectivity index (χ0) is 14.0. The SMILES string of the molecule is Cc1[nH]nc(CNc2ccnc(S(N)(=O)=O)c2)c1C. The van der Waals surface area contributed by atoms with Gasteiger partial charge >= 0.3 is 0 Å². The molecule has 2 aromatic heterocycles. The van der Waals surface area contributed by atoms with Crippen LogP contribution in [0, 0.1) is 13.8 Å². The molecule has 2 heterocycles. The lowest BCUT2D eigenvalue weighted by Gasteiger charge is -2.06. The van der Waals surface area contributed by atoms with Crippen molar-refractivity contribution in [3.05, 3.63) is 35.3 Å². The molecule has 8 heteroatoms. The highest BCUT2D eigenvalue weighted by Gasteiger charge is 2.10. The number of aromatic amines is 1. The summed E-state index contributed by atoms with van der Waals surface area (Å²) in [5.41, 5.74) is 3.59. The van der Waals surface area contributed by atoms with Gasteiger partial charge in [0.25, 0.3) is 10.0 Å². The average Bonchev–Trinajstić information content (AvgIpc) is 2.67. The molecule has 0 amide bonds. The second-order valence-corrected chi connectivity index (χ2v) is 5.71. The van der Waals surface area contributed by atoms with Crippen LogP contribution in [-0.2, 0) is 16.6 Å². The van der Waals surface area contributed by atoms with Gasteiger partial charge in [-0.1, -0.05) is 0 Å². The lowest BCUT2D eigenvalue weighted by atomic mass is 10.2. The van der Waals surface area contributed by atoms with Crippen molar-refractivity contribution < 1.29 is 8.42 Å². The van der Waals surface area contributed by atoms with Gasteiger partial charge in [-0.2, -0.15) is 5.10 Å². The van der Waals surface area contributed by atoms with Crippen molar-refractivity contribution in [2.24, 2.45) is 5.14 Å². The zero-order valence-corrected chi connectivity index (χ0v) is 11.5. The highest BCUT2D eigenvalue weighted by molar-refractivity contribution is 7.89. The second-order valence-electron chi connectivity index (χ2n) is 4.20. The minimum absolute atomic E-state index is 0.160. The number of nitrogens with one attached hydrogen (secondary N) is 2. The van der Waals surface area contributed by atoms with Crippen LogP contribution in [0.25, 0.3) is 0 Å². The van der Waals surface area contributed by atoms with E-state index in [-0.39, 0.29) is 5.03 Å². The average molecular weight is 281 g/mol. The van der Waals surface area contributed by atoms with Gasteiger partial charge in [-0.05, 0) is 25.5 Å². The third-order valence-electron chi connectivity index (χ3n) is 2.84. The Balaban J connectivity index is 2.14. The Bertz CT molecular complexity index is 693. The van der Waals surface area contributed by atoms with E-state index in [0.29, 0.717) is 12.2 Å². The van der Waals surface area contributed by atoms with Crippen LogP contribution >= 0.6 is 0 Å². The quantitative estimate of drug-likeness (QED) is 0.762. The fourth-order valence-corrected chi connectivity index (χ4v) is 2.07. The number of H-pyrrole nitrogens is 1. The number of pyridine rings is 1.